The minimum absolute atomic E-state index is 0.177. The molecular formula is C18H26N2O8. The lowest BCUT2D eigenvalue weighted by atomic mass is 10.2. The van der Waals surface area contributed by atoms with Gasteiger partial charge in [-0.15, -0.1) is 0 Å². The first kappa shape index (κ1) is 27.3. The van der Waals surface area contributed by atoms with Crippen LogP contribution < -0.4 is 0 Å². The molecule has 10 nitrogen and oxygen atoms in total. The molecule has 0 aromatic rings. The van der Waals surface area contributed by atoms with E-state index < -0.39 is 11.9 Å². The first-order valence-electron chi connectivity index (χ1n) is 8.32. The topological polar surface area (TPSA) is 141 Å². The third-order valence-corrected chi connectivity index (χ3v) is 2.68. The molecule has 0 atom stereocenters. The van der Waals surface area contributed by atoms with Gasteiger partial charge in [0.2, 0.25) is 12.2 Å². The number of carboxylic acids is 1. The Balaban J connectivity index is 0. The van der Waals surface area contributed by atoms with E-state index in [1.807, 2.05) is 0 Å². The van der Waals surface area contributed by atoms with Crippen LogP contribution in [0.3, 0.4) is 0 Å². The Kier molecular flexibility index (Phi) is 19.9. The molecule has 0 rings (SSSR count). The molecule has 0 unspecified atom stereocenters. The van der Waals surface area contributed by atoms with Gasteiger partial charge in [0.25, 0.3) is 0 Å². The molecule has 0 fully saturated rings. The molecule has 1 N–H and O–H groups in total. The number of carbonyl (C=O) groups is 2. The highest BCUT2D eigenvalue weighted by Crippen LogP contribution is 1.95. The highest BCUT2D eigenvalue weighted by atomic mass is 16.6. The van der Waals surface area contributed by atoms with E-state index in [2.05, 4.69) is 16.6 Å². The number of ether oxygens (including phenoxy) is 3. The molecule has 0 aromatic heterocycles. The van der Waals surface area contributed by atoms with E-state index in [1.54, 1.807) is 13.0 Å². The van der Waals surface area contributed by atoms with Crippen molar-refractivity contribution in [3.8, 4) is 0 Å². The standard InChI is InChI=1S/2C9H13NO4/c1-8(2)9(12)14-6-5-13-4-3-10-7-11;1-8(9(12)13)3-2-5-14-6-4-10-7-11/h1,3-6H2,2H3;3H,2,4-6H2,1H3,(H,12,13). The summed E-state index contributed by atoms with van der Waals surface area (Å²) in [7, 11) is 0. The second-order valence-corrected chi connectivity index (χ2v) is 5.07. The zero-order valence-corrected chi connectivity index (χ0v) is 16.1. The molecule has 0 bridgehead atoms. The van der Waals surface area contributed by atoms with Crippen LogP contribution in [-0.2, 0) is 33.4 Å². The number of aliphatic imine (C=N–C) groups is 2. The molecular weight excluding hydrogens is 372 g/mol. The number of aliphatic carboxylic acids is 1. The minimum Gasteiger partial charge on any atom is -0.478 e. The SMILES string of the molecule is C=C(C)C(=O)OCCOCCN=C=O.CC(=CCCOCCN=C=O)C(=O)O. The fourth-order valence-electron chi connectivity index (χ4n) is 1.28. The first-order chi connectivity index (χ1) is 13.4. The Bertz CT molecular complexity index is 603. The number of hydrogen-bond donors (Lipinski definition) is 1. The van der Waals surface area contributed by atoms with E-state index in [4.69, 9.17) is 19.3 Å². The summed E-state index contributed by atoms with van der Waals surface area (Å²) in [6, 6.07) is 0. The van der Waals surface area contributed by atoms with Gasteiger partial charge in [0, 0.05) is 11.1 Å². The number of hydrogen-bond acceptors (Lipinski definition) is 9. The van der Waals surface area contributed by atoms with Gasteiger partial charge in [-0.3, -0.25) is 0 Å². The minimum atomic E-state index is -0.921. The lowest BCUT2D eigenvalue weighted by Gasteiger charge is -2.03. The summed E-state index contributed by atoms with van der Waals surface area (Å²) in [6.45, 7) is 8.66. The van der Waals surface area contributed by atoms with Gasteiger partial charge in [-0.2, -0.15) is 0 Å². The van der Waals surface area contributed by atoms with Crippen LogP contribution in [0.5, 0.6) is 0 Å². The summed E-state index contributed by atoms with van der Waals surface area (Å²) in [4.78, 5) is 47.0. The summed E-state index contributed by atoms with van der Waals surface area (Å²) in [5, 5.41) is 8.49. The molecule has 0 aliphatic carbocycles. The van der Waals surface area contributed by atoms with Crippen molar-refractivity contribution in [2.24, 2.45) is 9.98 Å². The van der Waals surface area contributed by atoms with Crippen LogP contribution in [0.2, 0.25) is 0 Å². The summed E-state index contributed by atoms with van der Waals surface area (Å²) in [6.07, 6.45) is 4.92. The maximum absolute atomic E-state index is 10.8. The Labute approximate surface area is 163 Å². The predicted octanol–water partition coefficient (Wildman–Crippen LogP) is 1.22. The number of carbonyl (C=O) groups excluding carboxylic acids is 3. The van der Waals surface area contributed by atoms with Crippen molar-refractivity contribution in [2.45, 2.75) is 20.3 Å². The zero-order valence-electron chi connectivity index (χ0n) is 16.1. The first-order valence-corrected chi connectivity index (χ1v) is 8.32. The van der Waals surface area contributed by atoms with Crippen LogP contribution in [0.25, 0.3) is 0 Å². The van der Waals surface area contributed by atoms with Crippen molar-refractivity contribution < 1.29 is 38.5 Å². The Morgan fingerprint density at radius 3 is 1.96 bits per heavy atom. The Morgan fingerprint density at radius 1 is 0.964 bits per heavy atom. The highest BCUT2D eigenvalue weighted by Gasteiger charge is 2.01. The van der Waals surface area contributed by atoms with E-state index >= 15 is 0 Å². The predicted molar refractivity (Wildman–Crippen MR) is 99.4 cm³/mol. The van der Waals surface area contributed by atoms with Crippen LogP contribution in [0.15, 0.2) is 33.8 Å². The summed E-state index contributed by atoms with van der Waals surface area (Å²) >= 11 is 0. The Morgan fingerprint density at radius 2 is 1.50 bits per heavy atom. The number of esters is 1. The summed E-state index contributed by atoms with van der Waals surface area (Å²) in [5.74, 6) is -1.35. The average Bonchev–Trinajstić information content (AvgIpc) is 2.66. The van der Waals surface area contributed by atoms with Crippen LogP contribution in [0.1, 0.15) is 20.3 Å². The number of carboxylic acid groups (broad SMARTS) is 1. The van der Waals surface area contributed by atoms with Crippen molar-refractivity contribution >= 4 is 24.1 Å². The maximum atomic E-state index is 10.8. The molecule has 0 saturated carbocycles. The van der Waals surface area contributed by atoms with Gasteiger partial charge in [0.05, 0.1) is 39.5 Å². The monoisotopic (exact) mass is 398 g/mol. The zero-order chi connectivity index (χ0) is 21.6. The fourth-order valence-corrected chi connectivity index (χ4v) is 1.28. The van der Waals surface area contributed by atoms with Crippen molar-refractivity contribution in [1.29, 1.82) is 0 Å². The molecule has 0 aromatic carbocycles. The average molecular weight is 398 g/mol. The van der Waals surface area contributed by atoms with E-state index in [-0.39, 0.29) is 19.8 Å². The van der Waals surface area contributed by atoms with Gasteiger partial charge in [-0.05, 0) is 20.3 Å². The second kappa shape index (κ2) is 20.4. The van der Waals surface area contributed by atoms with Gasteiger partial charge in [0.1, 0.15) is 6.61 Å². The van der Waals surface area contributed by atoms with E-state index in [0.29, 0.717) is 43.9 Å². The molecule has 0 heterocycles. The maximum Gasteiger partial charge on any atom is 0.333 e. The smallest absolute Gasteiger partial charge is 0.333 e. The molecule has 0 amide bonds. The fraction of sp³-hybridized carbons (Fsp3) is 0.556. The molecule has 10 heteroatoms. The molecule has 156 valence electrons. The molecule has 0 spiro atoms. The van der Waals surface area contributed by atoms with Crippen LogP contribution in [0, 0.1) is 0 Å². The lowest BCUT2D eigenvalue weighted by Crippen LogP contribution is -2.11. The van der Waals surface area contributed by atoms with Crippen molar-refractivity contribution in [3.63, 3.8) is 0 Å². The van der Waals surface area contributed by atoms with Crippen LogP contribution >= 0.6 is 0 Å². The van der Waals surface area contributed by atoms with Gasteiger partial charge < -0.3 is 19.3 Å². The van der Waals surface area contributed by atoms with Gasteiger partial charge in [-0.1, -0.05) is 12.7 Å². The van der Waals surface area contributed by atoms with Crippen molar-refractivity contribution in [3.05, 3.63) is 23.8 Å². The largest absolute Gasteiger partial charge is 0.478 e. The Hall–Kier alpha value is -2.90. The van der Waals surface area contributed by atoms with E-state index in [9.17, 15) is 19.2 Å². The van der Waals surface area contributed by atoms with Gasteiger partial charge >= 0.3 is 11.9 Å². The van der Waals surface area contributed by atoms with E-state index in [0.717, 1.165) is 0 Å². The summed E-state index contributed by atoms with van der Waals surface area (Å²) in [5.41, 5.74) is 0.662. The van der Waals surface area contributed by atoms with Gasteiger partial charge in [0.15, 0.2) is 0 Å². The lowest BCUT2D eigenvalue weighted by molar-refractivity contribution is -0.140. The number of isocyanates is 2. The quantitative estimate of drug-likeness (QED) is 0.151. The highest BCUT2D eigenvalue weighted by molar-refractivity contribution is 5.87. The normalized spacial score (nSPS) is 9.86. The van der Waals surface area contributed by atoms with Crippen LogP contribution in [0.4, 0.5) is 0 Å². The third kappa shape index (κ3) is 21.1. The second-order valence-electron chi connectivity index (χ2n) is 5.07. The van der Waals surface area contributed by atoms with Crippen molar-refractivity contribution in [1.82, 2.24) is 0 Å². The molecule has 0 aliphatic rings. The molecule has 0 aliphatic heterocycles. The van der Waals surface area contributed by atoms with Crippen molar-refractivity contribution in [2.75, 3.05) is 46.1 Å². The number of rotatable bonds is 14. The molecule has 28 heavy (non-hydrogen) atoms. The van der Waals surface area contributed by atoms with Gasteiger partial charge in [-0.25, -0.2) is 29.2 Å². The van der Waals surface area contributed by atoms with E-state index in [1.165, 1.54) is 19.1 Å². The summed E-state index contributed by atoms with van der Waals surface area (Å²) < 4.78 is 14.8. The third-order valence-electron chi connectivity index (χ3n) is 2.68. The molecule has 0 saturated heterocycles. The number of nitrogens with zero attached hydrogens (tertiary/aromatic N) is 2. The van der Waals surface area contributed by atoms with Crippen LogP contribution in [-0.4, -0.2) is 75.3 Å². The molecule has 0 radical (unpaired) electrons.